The topological polar surface area (TPSA) is 79.0 Å². The molecular formula is C14H10Cl3N3O3. The highest BCUT2D eigenvalue weighted by atomic mass is 35.5. The Morgan fingerprint density at radius 3 is 2.61 bits per heavy atom. The van der Waals surface area contributed by atoms with Crippen LogP contribution in [0.5, 0.6) is 5.75 Å². The van der Waals surface area contributed by atoms with Crippen molar-refractivity contribution in [3.05, 3.63) is 61.1 Å². The summed E-state index contributed by atoms with van der Waals surface area (Å²) in [7, 11) is 1.49. The number of rotatable bonds is 4. The molecule has 2 aromatic carbocycles. The van der Waals surface area contributed by atoms with Gasteiger partial charge >= 0.3 is 0 Å². The van der Waals surface area contributed by atoms with E-state index in [1.54, 1.807) is 0 Å². The number of anilines is 1. The van der Waals surface area contributed by atoms with Gasteiger partial charge in [-0.25, -0.2) is 0 Å². The molecule has 0 atom stereocenters. The van der Waals surface area contributed by atoms with Gasteiger partial charge in [0, 0.05) is 23.7 Å². The van der Waals surface area contributed by atoms with Crippen LogP contribution in [0.25, 0.3) is 0 Å². The lowest BCUT2D eigenvalue weighted by Crippen LogP contribution is -2.11. The number of nitro groups is 1. The Balaban J connectivity index is 2.40. The minimum Gasteiger partial charge on any atom is -0.506 e. The summed E-state index contributed by atoms with van der Waals surface area (Å²) in [5.74, 6) is -0.193. The minimum atomic E-state index is -0.555. The zero-order chi connectivity index (χ0) is 17.1. The van der Waals surface area contributed by atoms with E-state index in [0.29, 0.717) is 5.02 Å². The Bertz CT molecular complexity index is 796. The third-order valence-corrected chi connectivity index (χ3v) is 3.72. The summed E-state index contributed by atoms with van der Waals surface area (Å²) in [6, 6.07) is 7.16. The molecule has 0 amide bonds. The molecule has 0 saturated carbocycles. The monoisotopic (exact) mass is 373 g/mol. The first kappa shape index (κ1) is 17.3. The predicted molar refractivity (Wildman–Crippen MR) is 92.2 cm³/mol. The van der Waals surface area contributed by atoms with Crippen molar-refractivity contribution in [2.24, 2.45) is 5.10 Å². The molecule has 0 heterocycles. The molecule has 9 heteroatoms. The summed E-state index contributed by atoms with van der Waals surface area (Å²) in [5.41, 5.74) is 0.206. The number of hydrogen-bond donors (Lipinski definition) is 1. The Morgan fingerprint density at radius 1 is 1.26 bits per heavy atom. The van der Waals surface area contributed by atoms with Gasteiger partial charge in [0.2, 0.25) is 0 Å². The standard InChI is InChI=1S/C14H10Cl3N3O3/c1-19(13-10(16)3-2-4-12(13)20(22)23)18-7-8-5-9(15)6-11(17)14(8)21/h2-7,21H,1H3/b18-7-. The second-order valence-corrected chi connectivity index (χ2v) is 5.71. The van der Waals surface area contributed by atoms with Gasteiger partial charge < -0.3 is 5.11 Å². The molecule has 0 fully saturated rings. The van der Waals surface area contributed by atoms with Crippen LogP contribution in [0, 0.1) is 10.1 Å². The molecule has 0 aliphatic heterocycles. The van der Waals surface area contributed by atoms with E-state index in [0.717, 1.165) is 0 Å². The molecular weight excluding hydrogens is 365 g/mol. The third kappa shape index (κ3) is 3.85. The van der Waals surface area contributed by atoms with Crippen molar-refractivity contribution >= 4 is 52.4 Å². The van der Waals surface area contributed by atoms with Gasteiger partial charge in [0.05, 0.1) is 21.2 Å². The zero-order valence-electron chi connectivity index (χ0n) is 11.7. The van der Waals surface area contributed by atoms with Crippen molar-refractivity contribution in [2.45, 2.75) is 0 Å². The Kier molecular flexibility index (Phi) is 5.30. The third-order valence-electron chi connectivity index (χ3n) is 2.91. The van der Waals surface area contributed by atoms with Crippen molar-refractivity contribution < 1.29 is 10.0 Å². The Hall–Kier alpha value is -2.02. The second-order valence-electron chi connectivity index (χ2n) is 4.46. The largest absolute Gasteiger partial charge is 0.506 e. The first-order chi connectivity index (χ1) is 10.8. The SMILES string of the molecule is CN(/N=C\c1cc(Cl)cc(Cl)c1O)c1c(Cl)cccc1[N+](=O)[O-]. The van der Waals surface area contributed by atoms with Gasteiger partial charge in [0.1, 0.15) is 5.75 Å². The number of halogens is 3. The number of phenolic OH excluding ortho intramolecular Hbond substituents is 1. The molecule has 0 aliphatic carbocycles. The maximum absolute atomic E-state index is 11.1. The van der Waals surface area contributed by atoms with E-state index in [-0.39, 0.29) is 32.7 Å². The average molecular weight is 375 g/mol. The van der Waals surface area contributed by atoms with Crippen LogP contribution in [0.3, 0.4) is 0 Å². The quantitative estimate of drug-likeness (QED) is 0.476. The fourth-order valence-corrected chi connectivity index (χ4v) is 2.66. The molecule has 0 bridgehead atoms. The van der Waals surface area contributed by atoms with Gasteiger partial charge in [-0.05, 0) is 18.2 Å². The van der Waals surface area contributed by atoms with Crippen molar-refractivity contribution in [1.29, 1.82) is 0 Å². The molecule has 23 heavy (non-hydrogen) atoms. The molecule has 1 N–H and O–H groups in total. The number of phenols is 1. The van der Waals surface area contributed by atoms with Gasteiger partial charge in [-0.2, -0.15) is 5.10 Å². The highest BCUT2D eigenvalue weighted by Crippen LogP contribution is 2.35. The number of hydrazone groups is 1. The summed E-state index contributed by atoms with van der Waals surface area (Å²) in [6.45, 7) is 0. The van der Waals surface area contributed by atoms with Crippen LogP contribution in [0.15, 0.2) is 35.4 Å². The molecule has 120 valence electrons. The van der Waals surface area contributed by atoms with Crippen LogP contribution in [0.2, 0.25) is 15.1 Å². The Morgan fingerprint density at radius 2 is 1.96 bits per heavy atom. The molecule has 6 nitrogen and oxygen atoms in total. The van der Waals surface area contributed by atoms with Crippen molar-refractivity contribution in [2.75, 3.05) is 12.1 Å². The van der Waals surface area contributed by atoms with E-state index < -0.39 is 4.92 Å². The molecule has 2 rings (SSSR count). The van der Waals surface area contributed by atoms with Crippen molar-refractivity contribution in [1.82, 2.24) is 0 Å². The predicted octanol–water partition coefficient (Wildman–Crippen LogP) is 4.73. The van der Waals surface area contributed by atoms with Gasteiger partial charge in [-0.15, -0.1) is 0 Å². The molecule has 2 aromatic rings. The van der Waals surface area contributed by atoms with Gasteiger partial charge in [-0.3, -0.25) is 15.1 Å². The highest BCUT2D eigenvalue weighted by Gasteiger charge is 2.20. The second kappa shape index (κ2) is 7.04. The van der Waals surface area contributed by atoms with E-state index in [1.807, 2.05) is 0 Å². The molecule has 0 aliphatic rings. The normalized spacial score (nSPS) is 11.0. The van der Waals surface area contributed by atoms with E-state index in [9.17, 15) is 15.2 Å². The first-order valence-electron chi connectivity index (χ1n) is 6.20. The van der Waals surface area contributed by atoms with Crippen LogP contribution in [-0.2, 0) is 0 Å². The number of nitrogens with zero attached hydrogens (tertiary/aromatic N) is 3. The summed E-state index contributed by atoms with van der Waals surface area (Å²) >= 11 is 17.7. The van der Waals surface area contributed by atoms with Crippen LogP contribution in [0.4, 0.5) is 11.4 Å². The van der Waals surface area contributed by atoms with E-state index in [4.69, 9.17) is 34.8 Å². The van der Waals surface area contributed by atoms with E-state index in [1.165, 1.54) is 48.6 Å². The number of benzene rings is 2. The zero-order valence-corrected chi connectivity index (χ0v) is 14.0. The van der Waals surface area contributed by atoms with Gasteiger partial charge in [0.25, 0.3) is 5.69 Å². The van der Waals surface area contributed by atoms with E-state index >= 15 is 0 Å². The number of nitro benzene ring substituents is 1. The van der Waals surface area contributed by atoms with Crippen LogP contribution < -0.4 is 5.01 Å². The average Bonchev–Trinajstić information content (AvgIpc) is 2.48. The highest BCUT2D eigenvalue weighted by molar-refractivity contribution is 6.36. The lowest BCUT2D eigenvalue weighted by Gasteiger charge is -2.14. The smallest absolute Gasteiger partial charge is 0.295 e. The molecule has 0 radical (unpaired) electrons. The van der Waals surface area contributed by atoms with Crippen molar-refractivity contribution in [3.8, 4) is 5.75 Å². The van der Waals surface area contributed by atoms with Gasteiger partial charge in [-0.1, -0.05) is 40.9 Å². The summed E-state index contributed by atoms with van der Waals surface area (Å²) in [4.78, 5) is 10.5. The fraction of sp³-hybridized carbons (Fsp3) is 0.0714. The molecule has 0 unspecified atom stereocenters. The Labute approximate surface area is 146 Å². The minimum absolute atomic E-state index is 0.0744. The van der Waals surface area contributed by atoms with Gasteiger partial charge in [0.15, 0.2) is 5.69 Å². The van der Waals surface area contributed by atoms with Crippen LogP contribution in [-0.4, -0.2) is 23.3 Å². The number of para-hydroxylation sites is 1. The number of hydrogen-bond acceptors (Lipinski definition) is 5. The lowest BCUT2D eigenvalue weighted by atomic mass is 10.2. The maximum atomic E-state index is 11.1. The van der Waals surface area contributed by atoms with E-state index in [2.05, 4.69) is 5.10 Å². The summed E-state index contributed by atoms with van der Waals surface area (Å²) < 4.78 is 0. The summed E-state index contributed by atoms with van der Waals surface area (Å²) in [5, 5.41) is 26.8. The van der Waals surface area contributed by atoms with Crippen LogP contribution in [0.1, 0.15) is 5.56 Å². The van der Waals surface area contributed by atoms with Crippen molar-refractivity contribution in [3.63, 3.8) is 0 Å². The molecule has 0 aromatic heterocycles. The molecule has 0 spiro atoms. The molecule has 0 saturated heterocycles. The lowest BCUT2D eigenvalue weighted by molar-refractivity contribution is -0.384. The first-order valence-corrected chi connectivity index (χ1v) is 7.33. The van der Waals surface area contributed by atoms with Crippen LogP contribution >= 0.6 is 34.8 Å². The fourth-order valence-electron chi connectivity index (χ4n) is 1.86. The summed E-state index contributed by atoms with van der Waals surface area (Å²) in [6.07, 6.45) is 1.28. The maximum Gasteiger partial charge on any atom is 0.295 e. The number of aromatic hydroxyl groups is 1.